The second-order valence-electron chi connectivity index (χ2n) is 4.04. The minimum atomic E-state index is -0.286. The van der Waals surface area contributed by atoms with Crippen LogP contribution in [0.3, 0.4) is 0 Å². The highest BCUT2D eigenvalue weighted by atomic mass is 16.3. The van der Waals surface area contributed by atoms with Gasteiger partial charge in [0.1, 0.15) is 11.4 Å². The maximum absolute atomic E-state index is 11.9. The van der Waals surface area contributed by atoms with Gasteiger partial charge in [-0.25, -0.2) is 4.98 Å². The number of aromatic hydroxyl groups is 1. The molecule has 0 aliphatic rings. The summed E-state index contributed by atoms with van der Waals surface area (Å²) >= 11 is 0. The van der Waals surface area contributed by atoms with Crippen molar-refractivity contribution in [2.24, 2.45) is 7.05 Å². The smallest absolute Gasteiger partial charge is 0.270 e. The van der Waals surface area contributed by atoms with E-state index in [1.54, 1.807) is 10.9 Å². The van der Waals surface area contributed by atoms with Crippen molar-refractivity contribution in [1.82, 2.24) is 20.1 Å². The van der Waals surface area contributed by atoms with Gasteiger partial charge in [0.25, 0.3) is 5.91 Å². The molecule has 0 bridgehead atoms. The van der Waals surface area contributed by atoms with Gasteiger partial charge in [-0.1, -0.05) is 0 Å². The number of aromatic nitrogens is 3. The van der Waals surface area contributed by atoms with Crippen molar-refractivity contribution in [1.29, 1.82) is 0 Å². The van der Waals surface area contributed by atoms with Crippen LogP contribution in [0.2, 0.25) is 0 Å². The molecule has 1 amide bonds. The summed E-state index contributed by atoms with van der Waals surface area (Å²) in [4.78, 5) is 15.7. The van der Waals surface area contributed by atoms with Crippen molar-refractivity contribution in [3.05, 3.63) is 42.0 Å². The van der Waals surface area contributed by atoms with Gasteiger partial charge in [0.15, 0.2) is 0 Å². The van der Waals surface area contributed by atoms with Gasteiger partial charge < -0.3 is 10.4 Å². The van der Waals surface area contributed by atoms with Crippen LogP contribution in [0.1, 0.15) is 29.0 Å². The Morgan fingerprint density at radius 1 is 1.44 bits per heavy atom. The molecular weight excluding hydrogens is 232 g/mol. The third-order valence-corrected chi connectivity index (χ3v) is 2.55. The lowest BCUT2D eigenvalue weighted by Gasteiger charge is -2.11. The van der Waals surface area contributed by atoms with Crippen molar-refractivity contribution in [3.8, 4) is 5.75 Å². The fourth-order valence-electron chi connectivity index (χ4n) is 1.54. The monoisotopic (exact) mass is 246 g/mol. The molecule has 6 nitrogen and oxygen atoms in total. The van der Waals surface area contributed by atoms with Crippen LogP contribution >= 0.6 is 0 Å². The first-order valence-corrected chi connectivity index (χ1v) is 5.50. The molecule has 2 aromatic rings. The molecule has 0 saturated carbocycles. The van der Waals surface area contributed by atoms with Gasteiger partial charge in [0.2, 0.25) is 0 Å². The van der Waals surface area contributed by atoms with E-state index in [1.807, 2.05) is 20.2 Å². The summed E-state index contributed by atoms with van der Waals surface area (Å²) in [5, 5.41) is 16.0. The van der Waals surface area contributed by atoms with E-state index >= 15 is 0 Å². The zero-order valence-electron chi connectivity index (χ0n) is 10.2. The fraction of sp³-hybridized carbons (Fsp3) is 0.250. The average Bonchev–Trinajstić information content (AvgIpc) is 2.76. The third kappa shape index (κ3) is 2.65. The number of nitrogens with one attached hydrogen (secondary N) is 1. The zero-order chi connectivity index (χ0) is 13.1. The molecule has 2 heterocycles. The van der Waals surface area contributed by atoms with E-state index in [2.05, 4.69) is 15.4 Å². The number of hydrogen-bond donors (Lipinski definition) is 2. The fourth-order valence-corrected chi connectivity index (χ4v) is 1.54. The summed E-state index contributed by atoms with van der Waals surface area (Å²) in [6.07, 6.45) is 4.79. The van der Waals surface area contributed by atoms with E-state index in [-0.39, 0.29) is 23.4 Å². The van der Waals surface area contributed by atoms with Crippen LogP contribution in [-0.2, 0) is 7.05 Å². The van der Waals surface area contributed by atoms with Crippen molar-refractivity contribution in [3.63, 3.8) is 0 Å². The Kier molecular flexibility index (Phi) is 3.27. The highest BCUT2D eigenvalue weighted by Gasteiger charge is 2.13. The molecule has 2 aromatic heterocycles. The van der Waals surface area contributed by atoms with E-state index in [0.29, 0.717) is 0 Å². The molecular formula is C12H14N4O2. The molecule has 0 aliphatic carbocycles. The lowest BCUT2D eigenvalue weighted by Crippen LogP contribution is -2.27. The number of carbonyl (C=O) groups is 1. The van der Waals surface area contributed by atoms with Crippen molar-refractivity contribution in [2.75, 3.05) is 0 Å². The highest BCUT2D eigenvalue weighted by molar-refractivity contribution is 5.92. The number of rotatable bonds is 3. The average molecular weight is 246 g/mol. The number of hydrogen-bond acceptors (Lipinski definition) is 4. The molecule has 0 aromatic carbocycles. The molecule has 0 spiro atoms. The summed E-state index contributed by atoms with van der Waals surface area (Å²) in [5.41, 5.74) is 1.19. The first-order valence-electron chi connectivity index (χ1n) is 5.50. The van der Waals surface area contributed by atoms with Crippen LogP contribution in [-0.4, -0.2) is 25.8 Å². The van der Waals surface area contributed by atoms with Gasteiger partial charge in [-0.3, -0.25) is 9.48 Å². The SMILES string of the molecule is C[C@@H](NC(=O)c1ccc(O)cn1)c1cnn(C)c1. The first kappa shape index (κ1) is 12.1. The van der Waals surface area contributed by atoms with Crippen LogP contribution < -0.4 is 5.32 Å². The van der Waals surface area contributed by atoms with Gasteiger partial charge in [0, 0.05) is 18.8 Å². The Labute approximate surface area is 104 Å². The van der Waals surface area contributed by atoms with Crippen molar-refractivity contribution in [2.45, 2.75) is 13.0 Å². The Morgan fingerprint density at radius 3 is 2.78 bits per heavy atom. The molecule has 0 unspecified atom stereocenters. The molecule has 1 atom stereocenters. The second kappa shape index (κ2) is 4.87. The van der Waals surface area contributed by atoms with Gasteiger partial charge in [-0.2, -0.15) is 5.10 Å². The molecule has 0 fully saturated rings. The van der Waals surface area contributed by atoms with Crippen molar-refractivity contribution >= 4 is 5.91 Å². The Bertz CT molecular complexity index is 547. The standard InChI is InChI=1S/C12H14N4O2/c1-8(9-5-14-16(2)7-9)15-12(18)11-4-3-10(17)6-13-11/h3-8,17H,1-2H3,(H,15,18)/t8-/m1/s1. The summed E-state index contributed by atoms with van der Waals surface area (Å²) in [7, 11) is 1.82. The van der Waals surface area contributed by atoms with Crippen LogP contribution in [0.5, 0.6) is 5.75 Å². The predicted molar refractivity (Wildman–Crippen MR) is 65.0 cm³/mol. The topological polar surface area (TPSA) is 80.0 Å². The van der Waals surface area contributed by atoms with Gasteiger partial charge in [-0.15, -0.1) is 0 Å². The maximum atomic E-state index is 11.9. The number of pyridine rings is 1. The number of amides is 1. The molecule has 0 saturated heterocycles. The highest BCUT2D eigenvalue weighted by Crippen LogP contribution is 2.12. The molecule has 2 rings (SSSR count). The molecule has 6 heteroatoms. The van der Waals surface area contributed by atoms with Crippen LogP contribution in [0, 0.1) is 0 Å². The lowest BCUT2D eigenvalue weighted by molar-refractivity contribution is 0.0935. The van der Waals surface area contributed by atoms with Crippen LogP contribution in [0.15, 0.2) is 30.7 Å². The minimum absolute atomic E-state index is 0.0341. The summed E-state index contributed by atoms with van der Waals surface area (Å²) in [6, 6.07) is 2.75. The second-order valence-corrected chi connectivity index (χ2v) is 4.04. The number of nitrogens with zero attached hydrogens (tertiary/aromatic N) is 3. The molecule has 94 valence electrons. The quantitative estimate of drug-likeness (QED) is 0.847. The molecule has 0 aliphatic heterocycles. The number of carbonyl (C=O) groups excluding carboxylic acids is 1. The van der Waals surface area contributed by atoms with Crippen LogP contribution in [0.4, 0.5) is 0 Å². The van der Waals surface area contributed by atoms with E-state index in [9.17, 15) is 4.79 Å². The zero-order valence-corrected chi connectivity index (χ0v) is 10.2. The largest absolute Gasteiger partial charge is 0.506 e. The molecule has 2 N–H and O–H groups in total. The summed E-state index contributed by atoms with van der Waals surface area (Å²) in [6.45, 7) is 1.87. The third-order valence-electron chi connectivity index (χ3n) is 2.55. The van der Waals surface area contributed by atoms with Crippen molar-refractivity contribution < 1.29 is 9.90 Å². The molecule has 18 heavy (non-hydrogen) atoms. The Hall–Kier alpha value is -2.37. The lowest BCUT2D eigenvalue weighted by atomic mass is 10.2. The van der Waals surface area contributed by atoms with Gasteiger partial charge in [-0.05, 0) is 19.1 Å². The van der Waals surface area contributed by atoms with E-state index in [0.717, 1.165) is 5.56 Å². The van der Waals surface area contributed by atoms with Gasteiger partial charge in [0.05, 0.1) is 18.4 Å². The summed E-state index contributed by atoms with van der Waals surface area (Å²) < 4.78 is 1.68. The maximum Gasteiger partial charge on any atom is 0.270 e. The minimum Gasteiger partial charge on any atom is -0.506 e. The predicted octanol–water partition coefficient (Wildman–Crippen LogP) is 1.01. The van der Waals surface area contributed by atoms with E-state index < -0.39 is 0 Å². The van der Waals surface area contributed by atoms with Gasteiger partial charge >= 0.3 is 0 Å². The Morgan fingerprint density at radius 2 is 2.22 bits per heavy atom. The first-order chi connectivity index (χ1) is 8.56. The Balaban J connectivity index is 2.05. The van der Waals surface area contributed by atoms with Crippen LogP contribution in [0.25, 0.3) is 0 Å². The number of aryl methyl sites for hydroxylation is 1. The van der Waals surface area contributed by atoms with E-state index in [4.69, 9.17) is 5.11 Å². The molecule has 0 radical (unpaired) electrons. The summed E-state index contributed by atoms with van der Waals surface area (Å²) in [5.74, 6) is -0.252. The normalized spacial score (nSPS) is 12.1. The van der Waals surface area contributed by atoms with E-state index in [1.165, 1.54) is 18.3 Å².